The van der Waals surface area contributed by atoms with Crippen LogP contribution in [0.25, 0.3) is 0 Å². The Morgan fingerprint density at radius 2 is 1.78 bits per heavy atom. The number of rotatable bonds is 8. The molecule has 0 spiro atoms. The third-order valence-corrected chi connectivity index (χ3v) is 3.50. The van der Waals surface area contributed by atoms with Gasteiger partial charge in [-0.1, -0.05) is 26.7 Å². The summed E-state index contributed by atoms with van der Waals surface area (Å²) in [7, 11) is 0. The zero-order chi connectivity index (χ0) is 17.5. The summed E-state index contributed by atoms with van der Waals surface area (Å²) >= 11 is 0. The Morgan fingerprint density at radius 3 is 2.35 bits per heavy atom. The molecule has 0 aliphatic rings. The molecule has 2 N–H and O–H groups in total. The van der Waals surface area contributed by atoms with Gasteiger partial charge in [0.15, 0.2) is 11.5 Å². The van der Waals surface area contributed by atoms with Crippen LogP contribution >= 0.6 is 0 Å². The van der Waals surface area contributed by atoms with Crippen molar-refractivity contribution in [2.75, 3.05) is 13.2 Å². The molecule has 23 heavy (non-hydrogen) atoms. The van der Waals surface area contributed by atoms with E-state index in [2.05, 4.69) is 58.0 Å². The Balaban J connectivity index is 2.77. The van der Waals surface area contributed by atoms with Crippen LogP contribution in [0.4, 0.5) is 0 Å². The number of hydrogen-bond donors (Lipinski definition) is 1. The molecular formula is C20H32NO2+. The van der Waals surface area contributed by atoms with Gasteiger partial charge in [-0.25, -0.2) is 0 Å². The number of quaternary nitrogens is 1. The fourth-order valence-electron chi connectivity index (χ4n) is 3.02. The maximum atomic E-state index is 5.68. The van der Waals surface area contributed by atoms with Crippen molar-refractivity contribution in [3.8, 4) is 23.8 Å². The van der Waals surface area contributed by atoms with Crippen LogP contribution in [0, 0.1) is 17.8 Å². The Morgan fingerprint density at radius 1 is 1.09 bits per heavy atom. The molecule has 0 saturated carbocycles. The molecule has 0 radical (unpaired) electrons. The lowest BCUT2D eigenvalue weighted by molar-refractivity contribution is -0.737. The van der Waals surface area contributed by atoms with Gasteiger partial charge in [-0.05, 0) is 44.4 Å². The first kappa shape index (κ1) is 19.4. The summed E-state index contributed by atoms with van der Waals surface area (Å²) < 4.78 is 11.2. The van der Waals surface area contributed by atoms with Gasteiger partial charge in [0.05, 0.1) is 12.1 Å². The largest absolute Gasteiger partial charge is 0.490 e. The minimum Gasteiger partial charge on any atom is -0.490 e. The van der Waals surface area contributed by atoms with Gasteiger partial charge >= 0.3 is 0 Å². The summed E-state index contributed by atoms with van der Waals surface area (Å²) in [5.41, 5.74) is 1.75. The maximum Gasteiger partial charge on any atom is 0.162 e. The first-order valence-corrected chi connectivity index (χ1v) is 8.33. The molecule has 0 bridgehead atoms. The van der Waals surface area contributed by atoms with Crippen LogP contribution in [-0.4, -0.2) is 18.8 Å². The molecule has 0 unspecified atom stereocenters. The molecule has 0 aliphatic heterocycles. The smallest absolute Gasteiger partial charge is 0.162 e. The van der Waals surface area contributed by atoms with E-state index < -0.39 is 0 Å². The molecule has 0 atom stereocenters. The van der Waals surface area contributed by atoms with Crippen LogP contribution in [0.1, 0.15) is 53.5 Å². The molecule has 1 aromatic rings. The van der Waals surface area contributed by atoms with Crippen LogP contribution in [-0.2, 0) is 6.54 Å². The Bertz CT molecular complexity index is 536. The van der Waals surface area contributed by atoms with Crippen molar-refractivity contribution >= 4 is 0 Å². The third-order valence-electron chi connectivity index (χ3n) is 3.50. The molecule has 0 amide bonds. The average molecular weight is 318 g/mol. The highest BCUT2D eigenvalue weighted by Crippen LogP contribution is 2.28. The van der Waals surface area contributed by atoms with E-state index >= 15 is 0 Å². The van der Waals surface area contributed by atoms with E-state index in [0.29, 0.717) is 17.8 Å². The van der Waals surface area contributed by atoms with Crippen molar-refractivity contribution in [3.63, 3.8) is 0 Å². The second kappa shape index (κ2) is 8.26. The molecule has 3 heteroatoms. The fraction of sp³-hybridized carbons (Fsp3) is 0.600. The van der Waals surface area contributed by atoms with Crippen molar-refractivity contribution in [3.05, 3.63) is 23.8 Å². The molecule has 0 aliphatic carbocycles. The highest BCUT2D eigenvalue weighted by atomic mass is 16.5. The quantitative estimate of drug-likeness (QED) is 0.746. The van der Waals surface area contributed by atoms with Gasteiger partial charge in [-0.2, -0.15) is 0 Å². The van der Waals surface area contributed by atoms with Crippen LogP contribution in [0.15, 0.2) is 18.2 Å². The SMILES string of the molecule is C#CCOc1ccc(C[NH2+]C(C)(C)CC(C)(C)C)cc1OCC. The van der Waals surface area contributed by atoms with Crippen molar-refractivity contribution in [2.24, 2.45) is 5.41 Å². The average Bonchev–Trinajstić information content (AvgIpc) is 2.42. The highest BCUT2D eigenvalue weighted by Gasteiger charge is 2.28. The predicted octanol–water partition coefficient (Wildman–Crippen LogP) is 3.38. The van der Waals surface area contributed by atoms with Gasteiger partial charge in [0.1, 0.15) is 13.2 Å². The topological polar surface area (TPSA) is 35.1 Å². The molecule has 0 fully saturated rings. The van der Waals surface area contributed by atoms with Crippen molar-refractivity contribution in [2.45, 2.75) is 60.0 Å². The first-order chi connectivity index (χ1) is 10.7. The summed E-state index contributed by atoms with van der Waals surface area (Å²) in [6.07, 6.45) is 6.41. The zero-order valence-corrected chi connectivity index (χ0v) is 15.5. The monoisotopic (exact) mass is 318 g/mol. The maximum absolute atomic E-state index is 5.68. The Kier molecular flexibility index (Phi) is 6.97. The summed E-state index contributed by atoms with van der Waals surface area (Å²) in [6, 6.07) is 6.08. The van der Waals surface area contributed by atoms with E-state index in [-0.39, 0.29) is 12.1 Å². The van der Waals surface area contributed by atoms with Crippen LogP contribution in [0.3, 0.4) is 0 Å². The van der Waals surface area contributed by atoms with Gasteiger partial charge in [-0.15, -0.1) is 6.42 Å². The van der Waals surface area contributed by atoms with E-state index in [9.17, 15) is 0 Å². The lowest BCUT2D eigenvalue weighted by Gasteiger charge is -2.30. The number of benzene rings is 1. The molecule has 0 saturated heterocycles. The lowest BCUT2D eigenvalue weighted by atomic mass is 9.82. The summed E-state index contributed by atoms with van der Waals surface area (Å²) in [5, 5.41) is 2.39. The normalized spacial score (nSPS) is 11.9. The fourth-order valence-corrected chi connectivity index (χ4v) is 3.02. The first-order valence-electron chi connectivity index (χ1n) is 8.33. The van der Waals surface area contributed by atoms with E-state index in [1.165, 1.54) is 5.56 Å². The number of hydrogen-bond acceptors (Lipinski definition) is 2. The summed E-state index contributed by atoms with van der Waals surface area (Å²) in [6.45, 7) is 15.2. The van der Waals surface area contributed by atoms with Crippen molar-refractivity contribution in [1.82, 2.24) is 0 Å². The minimum absolute atomic E-state index is 0.197. The van der Waals surface area contributed by atoms with Crippen LogP contribution < -0.4 is 14.8 Å². The van der Waals surface area contributed by atoms with E-state index in [1.807, 2.05) is 13.0 Å². The number of terminal acetylenes is 1. The molecule has 1 rings (SSSR count). The molecule has 1 aromatic carbocycles. The van der Waals surface area contributed by atoms with E-state index in [1.54, 1.807) is 0 Å². The van der Waals surface area contributed by atoms with Gasteiger partial charge in [0, 0.05) is 12.0 Å². The summed E-state index contributed by atoms with van der Waals surface area (Å²) in [4.78, 5) is 0. The zero-order valence-electron chi connectivity index (χ0n) is 15.5. The number of ether oxygens (including phenoxy) is 2. The number of nitrogens with two attached hydrogens (primary N) is 1. The molecule has 128 valence electrons. The van der Waals surface area contributed by atoms with E-state index in [0.717, 1.165) is 18.7 Å². The van der Waals surface area contributed by atoms with Crippen LogP contribution in [0.5, 0.6) is 11.5 Å². The van der Waals surface area contributed by atoms with E-state index in [4.69, 9.17) is 15.9 Å². The lowest BCUT2D eigenvalue weighted by Crippen LogP contribution is -2.94. The van der Waals surface area contributed by atoms with Gasteiger partial charge < -0.3 is 14.8 Å². The Hall–Kier alpha value is -1.66. The predicted molar refractivity (Wildman–Crippen MR) is 95.7 cm³/mol. The van der Waals surface area contributed by atoms with Crippen LogP contribution in [0.2, 0.25) is 0 Å². The summed E-state index contributed by atoms with van der Waals surface area (Å²) in [5.74, 6) is 3.96. The second-order valence-electron chi connectivity index (χ2n) is 7.84. The highest BCUT2D eigenvalue weighted by molar-refractivity contribution is 5.43. The van der Waals surface area contributed by atoms with Crippen molar-refractivity contribution < 1.29 is 14.8 Å². The molecule has 0 aromatic heterocycles. The van der Waals surface area contributed by atoms with Gasteiger partial charge in [0.2, 0.25) is 0 Å². The molecule has 0 heterocycles. The second-order valence-corrected chi connectivity index (χ2v) is 7.84. The molecular weight excluding hydrogens is 286 g/mol. The standard InChI is InChI=1S/C20H31NO2/c1-8-12-23-17-11-10-16(13-18(17)22-9-2)14-21-20(6,7)15-19(3,4)5/h1,10-11,13,21H,9,12,14-15H2,2-7H3/p+1. The van der Waals surface area contributed by atoms with Gasteiger partial charge in [0.25, 0.3) is 0 Å². The van der Waals surface area contributed by atoms with Gasteiger partial charge in [-0.3, -0.25) is 0 Å². The minimum atomic E-state index is 0.197. The molecule has 3 nitrogen and oxygen atoms in total. The third kappa shape index (κ3) is 7.43. The van der Waals surface area contributed by atoms with Crippen molar-refractivity contribution in [1.29, 1.82) is 0 Å². The Labute approximate surface area is 141 Å².